The molecular weight excluding hydrogens is 414 g/mol. The number of allylic oxidation sites excluding steroid dienone is 1. The molecule has 8 nitrogen and oxygen atoms in total. The summed E-state index contributed by atoms with van der Waals surface area (Å²) in [7, 11) is -2.14. The van der Waals surface area contributed by atoms with Crippen molar-refractivity contribution in [1.29, 1.82) is 0 Å². The van der Waals surface area contributed by atoms with Crippen LogP contribution in [0.4, 0.5) is 0 Å². The van der Waals surface area contributed by atoms with Gasteiger partial charge >= 0.3 is 0 Å². The smallest absolute Gasteiger partial charge is 0.295 e. The Balaban J connectivity index is 2.27. The Labute approximate surface area is 176 Å². The van der Waals surface area contributed by atoms with Gasteiger partial charge < -0.3 is 5.32 Å². The van der Waals surface area contributed by atoms with Gasteiger partial charge in [-0.05, 0) is 45.5 Å². The van der Waals surface area contributed by atoms with Crippen LogP contribution in [0, 0.1) is 0 Å². The highest BCUT2D eigenvalue weighted by Crippen LogP contribution is 2.19. The Hall–Kier alpha value is -2.49. The third-order valence-corrected chi connectivity index (χ3v) is 5.61. The van der Waals surface area contributed by atoms with Gasteiger partial charge in [-0.1, -0.05) is 36.4 Å². The molecule has 0 saturated heterocycles. The van der Waals surface area contributed by atoms with Crippen LogP contribution in [-0.4, -0.2) is 44.0 Å². The number of carbonyl (C=O) groups is 1. The van der Waals surface area contributed by atoms with Crippen molar-refractivity contribution < 1.29 is 13.2 Å². The van der Waals surface area contributed by atoms with Gasteiger partial charge in [-0.2, -0.15) is 0 Å². The highest BCUT2D eigenvalue weighted by Gasteiger charge is 2.33. The zero-order valence-corrected chi connectivity index (χ0v) is 18.3. The Morgan fingerprint density at radius 2 is 1.97 bits per heavy atom. The zero-order valence-electron chi connectivity index (χ0n) is 16.7. The average molecular weight is 438 g/mol. The highest BCUT2D eigenvalue weighted by atomic mass is 35.5. The molecule has 0 fully saturated rings. The van der Waals surface area contributed by atoms with Crippen molar-refractivity contribution in [2.45, 2.75) is 38.3 Å². The fraction of sp³-hybridized carbons (Fsp3) is 0.316. The van der Waals surface area contributed by atoms with E-state index in [2.05, 4.69) is 26.6 Å². The number of hydrogen-bond donors (Lipinski definition) is 2. The van der Waals surface area contributed by atoms with Gasteiger partial charge in [0.15, 0.2) is 11.7 Å². The predicted molar refractivity (Wildman–Crippen MR) is 115 cm³/mol. The number of amides is 1. The van der Waals surface area contributed by atoms with Gasteiger partial charge in [0, 0.05) is 12.6 Å². The van der Waals surface area contributed by atoms with E-state index in [1.165, 1.54) is 24.1 Å². The summed E-state index contributed by atoms with van der Waals surface area (Å²) in [6, 6.07) is 6.17. The second kappa shape index (κ2) is 9.34. The Bertz CT molecular complexity index is 995. The Morgan fingerprint density at radius 3 is 2.45 bits per heavy atom. The number of aliphatic imine (C=N–C) groups is 2. The second-order valence-electron chi connectivity index (χ2n) is 6.42. The number of sulfonamides is 1. The van der Waals surface area contributed by atoms with E-state index in [9.17, 15) is 13.2 Å². The van der Waals surface area contributed by atoms with Crippen LogP contribution in [0.25, 0.3) is 0 Å². The minimum atomic E-state index is -3.50. The molecule has 0 atom stereocenters. The van der Waals surface area contributed by atoms with Gasteiger partial charge in [-0.15, -0.1) is 0 Å². The maximum Gasteiger partial charge on any atom is 0.295 e. The summed E-state index contributed by atoms with van der Waals surface area (Å²) in [4.78, 5) is 23.1. The van der Waals surface area contributed by atoms with Crippen LogP contribution in [0.5, 0.6) is 0 Å². The summed E-state index contributed by atoms with van der Waals surface area (Å²) < 4.78 is 25.9. The number of benzene rings is 1. The molecule has 1 aromatic carbocycles. The maximum absolute atomic E-state index is 12.9. The molecule has 1 aliphatic heterocycles. The first kappa shape index (κ1) is 22.8. The van der Waals surface area contributed by atoms with Crippen LogP contribution >= 0.6 is 11.6 Å². The SMILES string of the molecule is C=C(Cl)/N=C1\C(=C/C)N=C(NCc2ccc(S(=O)(=O)NC)cc2)C(=O)N1C(C)C. The first-order valence-electron chi connectivity index (χ1n) is 8.89. The van der Waals surface area contributed by atoms with Crippen LogP contribution in [-0.2, 0) is 21.4 Å². The minimum Gasteiger partial charge on any atom is -0.361 e. The molecule has 0 saturated carbocycles. The second-order valence-corrected chi connectivity index (χ2v) is 8.74. The van der Waals surface area contributed by atoms with Crippen LogP contribution in [0.2, 0.25) is 0 Å². The Kier molecular flexibility index (Phi) is 7.34. The lowest BCUT2D eigenvalue weighted by Crippen LogP contribution is -2.52. The van der Waals surface area contributed by atoms with Crippen molar-refractivity contribution in [2.24, 2.45) is 9.98 Å². The number of nitrogens with zero attached hydrogens (tertiary/aromatic N) is 3. The molecule has 0 aromatic heterocycles. The van der Waals surface area contributed by atoms with Crippen LogP contribution in [0.1, 0.15) is 26.3 Å². The van der Waals surface area contributed by atoms with Crippen molar-refractivity contribution in [2.75, 3.05) is 7.05 Å². The monoisotopic (exact) mass is 437 g/mol. The molecule has 1 aliphatic rings. The first-order chi connectivity index (χ1) is 13.6. The van der Waals surface area contributed by atoms with Crippen molar-refractivity contribution in [3.8, 4) is 0 Å². The number of amidine groups is 2. The standard InChI is InChI=1S/C19H24ClN5O3S/c1-6-16-18(23-13(4)20)25(12(2)3)19(26)17(24-16)22-11-14-7-9-15(10-8-14)29(27,28)21-5/h6-10,12,21H,4,11H2,1-3,5H3,(H,22,24)/b16-6+,23-18+. The molecule has 0 radical (unpaired) electrons. The maximum atomic E-state index is 12.9. The fourth-order valence-corrected chi connectivity index (χ4v) is 3.47. The lowest BCUT2D eigenvalue weighted by Gasteiger charge is -2.32. The summed E-state index contributed by atoms with van der Waals surface area (Å²) in [6.07, 6.45) is 1.74. The number of nitrogens with one attached hydrogen (secondary N) is 2. The molecule has 1 aromatic rings. The molecule has 29 heavy (non-hydrogen) atoms. The number of hydrogen-bond acceptors (Lipinski definition) is 6. The van der Waals surface area contributed by atoms with Gasteiger partial charge in [0.2, 0.25) is 10.0 Å². The molecule has 156 valence electrons. The van der Waals surface area contributed by atoms with Gasteiger partial charge in [0.25, 0.3) is 5.91 Å². The molecule has 2 rings (SSSR count). The van der Waals surface area contributed by atoms with Crippen molar-refractivity contribution in [3.63, 3.8) is 0 Å². The van der Waals surface area contributed by atoms with Gasteiger partial charge in [-0.25, -0.2) is 23.1 Å². The molecule has 1 heterocycles. The van der Waals surface area contributed by atoms with Crippen LogP contribution < -0.4 is 10.0 Å². The number of rotatable bonds is 6. The summed E-state index contributed by atoms with van der Waals surface area (Å²) in [5.74, 6) is 0.175. The van der Waals surface area contributed by atoms with Crippen molar-refractivity contribution in [3.05, 3.63) is 53.3 Å². The summed E-state index contributed by atoms with van der Waals surface area (Å²) in [5, 5.41) is 3.08. The van der Waals surface area contributed by atoms with E-state index in [-0.39, 0.29) is 27.8 Å². The van der Waals surface area contributed by atoms with E-state index in [4.69, 9.17) is 11.6 Å². The predicted octanol–water partition coefficient (Wildman–Crippen LogP) is 2.35. The summed E-state index contributed by atoms with van der Waals surface area (Å²) in [5.41, 5.74) is 1.29. The lowest BCUT2D eigenvalue weighted by atomic mass is 10.2. The molecule has 0 aliphatic carbocycles. The molecule has 10 heteroatoms. The van der Waals surface area contributed by atoms with E-state index >= 15 is 0 Å². The largest absolute Gasteiger partial charge is 0.361 e. The van der Waals surface area contributed by atoms with Crippen LogP contribution in [0.3, 0.4) is 0 Å². The lowest BCUT2D eigenvalue weighted by molar-refractivity contribution is -0.122. The normalized spacial score (nSPS) is 17.8. The van der Waals surface area contributed by atoms with E-state index < -0.39 is 10.0 Å². The summed E-state index contributed by atoms with van der Waals surface area (Å²) >= 11 is 5.83. The molecule has 0 unspecified atom stereocenters. The molecule has 0 spiro atoms. The highest BCUT2D eigenvalue weighted by molar-refractivity contribution is 7.89. The van der Waals surface area contributed by atoms with E-state index in [1.54, 1.807) is 25.1 Å². The molecule has 2 N–H and O–H groups in total. The first-order valence-corrected chi connectivity index (χ1v) is 10.7. The van der Waals surface area contributed by atoms with E-state index in [0.717, 1.165) is 5.56 Å². The van der Waals surface area contributed by atoms with E-state index in [0.29, 0.717) is 18.1 Å². The average Bonchev–Trinajstić information content (AvgIpc) is 2.67. The summed E-state index contributed by atoms with van der Waals surface area (Å²) in [6.45, 7) is 9.37. The number of carbonyl (C=O) groups excluding carboxylic acids is 1. The van der Waals surface area contributed by atoms with E-state index in [1.807, 2.05) is 13.8 Å². The van der Waals surface area contributed by atoms with Gasteiger partial charge in [0.05, 0.1) is 4.90 Å². The minimum absolute atomic E-state index is 0.0565. The third-order valence-electron chi connectivity index (χ3n) is 4.09. The molecule has 0 bridgehead atoms. The number of halogens is 1. The zero-order chi connectivity index (χ0) is 21.8. The van der Waals surface area contributed by atoms with Crippen molar-refractivity contribution in [1.82, 2.24) is 14.9 Å². The van der Waals surface area contributed by atoms with Crippen molar-refractivity contribution >= 4 is 39.2 Å². The topological polar surface area (TPSA) is 103 Å². The third kappa shape index (κ3) is 5.31. The quantitative estimate of drug-likeness (QED) is 0.666. The molecule has 1 amide bonds. The fourth-order valence-electron chi connectivity index (χ4n) is 2.66. The Morgan fingerprint density at radius 1 is 1.34 bits per heavy atom. The van der Waals surface area contributed by atoms with Gasteiger partial charge in [-0.3, -0.25) is 9.69 Å². The van der Waals surface area contributed by atoms with Crippen LogP contribution in [0.15, 0.2) is 62.7 Å². The van der Waals surface area contributed by atoms with Gasteiger partial charge in [0.1, 0.15) is 10.9 Å². The molecular formula is C19H24ClN5O3S.